The van der Waals surface area contributed by atoms with Crippen molar-refractivity contribution in [1.82, 2.24) is 20.2 Å². The van der Waals surface area contributed by atoms with Gasteiger partial charge in [0, 0.05) is 58.4 Å². The first-order valence-electron chi connectivity index (χ1n) is 10.6. The van der Waals surface area contributed by atoms with Crippen LogP contribution in [0.2, 0.25) is 0 Å². The fraction of sp³-hybridized carbons (Fsp3) is 0.714. The third kappa shape index (κ3) is 5.44. The van der Waals surface area contributed by atoms with Crippen LogP contribution in [-0.2, 0) is 14.3 Å². The molecule has 0 aliphatic carbocycles. The van der Waals surface area contributed by atoms with E-state index in [4.69, 9.17) is 9.72 Å². The summed E-state index contributed by atoms with van der Waals surface area (Å²) in [5.74, 6) is 0.628. The van der Waals surface area contributed by atoms with Gasteiger partial charge in [0.1, 0.15) is 0 Å². The van der Waals surface area contributed by atoms with E-state index < -0.39 is 0 Å². The number of hydrogen-bond acceptors (Lipinski definition) is 6. The molecule has 3 rings (SSSR count). The molecule has 2 unspecified atom stereocenters. The van der Waals surface area contributed by atoms with E-state index in [0.717, 1.165) is 37.6 Å². The molecule has 160 valence electrons. The largest absolute Gasteiger partial charge is 0.383 e. The smallest absolute Gasteiger partial charge is 0.225 e. The molecule has 0 radical (unpaired) electrons. The molecule has 1 N–H and O–H groups in total. The van der Waals surface area contributed by atoms with Crippen LogP contribution in [0.1, 0.15) is 44.7 Å². The van der Waals surface area contributed by atoms with Crippen LogP contribution in [0.3, 0.4) is 0 Å². The van der Waals surface area contributed by atoms with Crippen LogP contribution in [0.5, 0.6) is 0 Å². The average Bonchev–Trinajstić information content (AvgIpc) is 3.38. The summed E-state index contributed by atoms with van der Waals surface area (Å²) in [6.45, 7) is 7.87. The number of methoxy groups -OCH3 is 1. The van der Waals surface area contributed by atoms with Gasteiger partial charge in [-0.15, -0.1) is 0 Å². The molecule has 8 heteroatoms. The SMILES string of the molecule is COCCNC(=O)C1CN(C(=O)CC(C)C)CC1c1ccnc(N2CCCC2)n1. The Morgan fingerprint density at radius 1 is 1.28 bits per heavy atom. The summed E-state index contributed by atoms with van der Waals surface area (Å²) in [5, 5.41) is 2.94. The van der Waals surface area contributed by atoms with Gasteiger partial charge in [0.25, 0.3) is 0 Å². The van der Waals surface area contributed by atoms with E-state index >= 15 is 0 Å². The number of hydrogen-bond donors (Lipinski definition) is 1. The lowest BCUT2D eigenvalue weighted by Gasteiger charge is -2.20. The number of carbonyl (C=O) groups is 2. The minimum Gasteiger partial charge on any atom is -0.383 e. The Bertz CT molecular complexity index is 705. The number of nitrogens with zero attached hydrogens (tertiary/aromatic N) is 4. The molecule has 2 fully saturated rings. The summed E-state index contributed by atoms with van der Waals surface area (Å²) in [4.78, 5) is 38.8. The first-order valence-corrected chi connectivity index (χ1v) is 10.6. The van der Waals surface area contributed by atoms with Gasteiger partial charge in [0.2, 0.25) is 17.8 Å². The molecular formula is C21H33N5O3. The number of aromatic nitrogens is 2. The average molecular weight is 404 g/mol. The number of anilines is 1. The molecule has 2 aliphatic heterocycles. The molecule has 1 aromatic rings. The molecule has 3 heterocycles. The lowest BCUT2D eigenvalue weighted by Crippen LogP contribution is -2.37. The van der Waals surface area contributed by atoms with E-state index in [1.165, 1.54) is 0 Å². The topological polar surface area (TPSA) is 87.7 Å². The Morgan fingerprint density at radius 2 is 2.03 bits per heavy atom. The summed E-state index contributed by atoms with van der Waals surface area (Å²) in [6.07, 6.45) is 4.57. The van der Waals surface area contributed by atoms with Gasteiger partial charge >= 0.3 is 0 Å². The van der Waals surface area contributed by atoms with Crippen molar-refractivity contribution in [2.24, 2.45) is 11.8 Å². The third-order valence-corrected chi connectivity index (χ3v) is 5.63. The predicted octanol–water partition coefficient (Wildman–Crippen LogP) is 1.43. The molecule has 29 heavy (non-hydrogen) atoms. The van der Waals surface area contributed by atoms with Crippen LogP contribution in [0.25, 0.3) is 0 Å². The second kappa shape index (κ2) is 10.0. The van der Waals surface area contributed by atoms with E-state index in [1.807, 2.05) is 24.8 Å². The van der Waals surface area contributed by atoms with E-state index in [0.29, 0.717) is 32.7 Å². The Kier molecular flexibility index (Phi) is 7.41. The van der Waals surface area contributed by atoms with Crippen molar-refractivity contribution in [3.05, 3.63) is 18.0 Å². The minimum absolute atomic E-state index is 0.0479. The van der Waals surface area contributed by atoms with Gasteiger partial charge in [-0.3, -0.25) is 9.59 Å². The Hall–Kier alpha value is -2.22. The van der Waals surface area contributed by atoms with Crippen molar-refractivity contribution < 1.29 is 14.3 Å². The fourth-order valence-corrected chi connectivity index (χ4v) is 4.10. The van der Waals surface area contributed by atoms with E-state index in [1.54, 1.807) is 13.3 Å². The molecule has 0 aromatic carbocycles. The van der Waals surface area contributed by atoms with Crippen molar-refractivity contribution in [1.29, 1.82) is 0 Å². The Morgan fingerprint density at radius 3 is 2.72 bits per heavy atom. The number of carbonyl (C=O) groups excluding carboxylic acids is 2. The molecule has 8 nitrogen and oxygen atoms in total. The molecule has 1 aromatic heterocycles. The standard InChI is InChI=1S/C21H33N5O3/c1-15(2)12-19(27)26-13-16(17(14-26)20(28)22-8-11-29-3)18-6-7-23-21(24-18)25-9-4-5-10-25/h6-7,15-17H,4-5,8-14H2,1-3H3,(H,22,28). The van der Waals surface area contributed by atoms with Crippen LogP contribution in [0.15, 0.2) is 12.3 Å². The number of nitrogens with one attached hydrogen (secondary N) is 1. The van der Waals surface area contributed by atoms with Gasteiger partial charge in [0.15, 0.2) is 0 Å². The first kappa shape index (κ1) is 21.5. The second-order valence-electron chi connectivity index (χ2n) is 8.37. The zero-order valence-corrected chi connectivity index (χ0v) is 17.8. The van der Waals surface area contributed by atoms with E-state index in [-0.39, 0.29) is 29.6 Å². The number of rotatable bonds is 8. The fourth-order valence-electron chi connectivity index (χ4n) is 4.10. The summed E-state index contributed by atoms with van der Waals surface area (Å²) in [7, 11) is 1.61. The normalized spacial score (nSPS) is 21.8. The van der Waals surface area contributed by atoms with Crippen molar-refractivity contribution in [3.8, 4) is 0 Å². The molecule has 0 saturated carbocycles. The highest BCUT2D eigenvalue weighted by Crippen LogP contribution is 2.33. The summed E-state index contributed by atoms with van der Waals surface area (Å²) in [5.41, 5.74) is 0.841. The van der Waals surface area contributed by atoms with Gasteiger partial charge in [-0.1, -0.05) is 13.8 Å². The quantitative estimate of drug-likeness (QED) is 0.661. The molecule has 0 spiro atoms. The maximum Gasteiger partial charge on any atom is 0.225 e. The highest BCUT2D eigenvalue weighted by Gasteiger charge is 2.41. The Balaban J connectivity index is 1.79. The summed E-state index contributed by atoms with van der Waals surface area (Å²) < 4.78 is 5.04. The van der Waals surface area contributed by atoms with E-state index in [9.17, 15) is 9.59 Å². The predicted molar refractivity (Wildman–Crippen MR) is 111 cm³/mol. The van der Waals surface area contributed by atoms with Crippen molar-refractivity contribution in [3.63, 3.8) is 0 Å². The van der Waals surface area contributed by atoms with Gasteiger partial charge in [-0.25, -0.2) is 9.97 Å². The monoisotopic (exact) mass is 403 g/mol. The molecule has 2 atom stereocenters. The maximum absolute atomic E-state index is 12.9. The lowest BCUT2D eigenvalue weighted by atomic mass is 9.92. The zero-order chi connectivity index (χ0) is 20.8. The van der Waals surface area contributed by atoms with Crippen molar-refractivity contribution in [2.75, 3.05) is 51.3 Å². The van der Waals surface area contributed by atoms with Gasteiger partial charge in [-0.2, -0.15) is 0 Å². The number of ether oxygens (including phenoxy) is 1. The Labute approximate surface area is 173 Å². The van der Waals surface area contributed by atoms with Crippen molar-refractivity contribution >= 4 is 17.8 Å². The zero-order valence-electron chi connectivity index (χ0n) is 17.8. The van der Waals surface area contributed by atoms with Crippen LogP contribution in [0, 0.1) is 11.8 Å². The highest BCUT2D eigenvalue weighted by atomic mass is 16.5. The highest BCUT2D eigenvalue weighted by molar-refractivity contribution is 5.83. The summed E-state index contributed by atoms with van der Waals surface area (Å²) >= 11 is 0. The van der Waals surface area contributed by atoms with Crippen LogP contribution in [-0.4, -0.2) is 73.1 Å². The molecular weight excluding hydrogens is 370 g/mol. The van der Waals surface area contributed by atoms with Crippen LogP contribution < -0.4 is 10.2 Å². The molecule has 0 bridgehead atoms. The van der Waals surface area contributed by atoms with Gasteiger partial charge < -0.3 is 19.9 Å². The molecule has 2 aliphatic rings. The maximum atomic E-state index is 12.9. The number of likely N-dealkylation sites (tertiary alicyclic amines) is 1. The lowest BCUT2D eigenvalue weighted by molar-refractivity contribution is -0.131. The van der Waals surface area contributed by atoms with E-state index in [2.05, 4.69) is 15.2 Å². The molecule has 2 amide bonds. The van der Waals surface area contributed by atoms with Crippen LogP contribution >= 0.6 is 0 Å². The minimum atomic E-state index is -0.315. The first-order chi connectivity index (χ1) is 14.0. The van der Waals surface area contributed by atoms with Crippen molar-refractivity contribution in [2.45, 2.75) is 39.0 Å². The molecule has 2 saturated heterocycles. The third-order valence-electron chi connectivity index (χ3n) is 5.63. The van der Waals surface area contributed by atoms with Gasteiger partial charge in [0.05, 0.1) is 18.2 Å². The van der Waals surface area contributed by atoms with Crippen LogP contribution in [0.4, 0.5) is 5.95 Å². The number of amides is 2. The summed E-state index contributed by atoms with van der Waals surface area (Å²) in [6, 6.07) is 1.89. The van der Waals surface area contributed by atoms with Gasteiger partial charge in [-0.05, 0) is 24.8 Å². The second-order valence-corrected chi connectivity index (χ2v) is 8.37.